The van der Waals surface area contributed by atoms with Crippen LogP contribution in [0, 0.1) is 0 Å². The Morgan fingerprint density at radius 2 is 1.94 bits per heavy atom. The molecule has 2 N–H and O–H groups in total. The van der Waals surface area contributed by atoms with Crippen LogP contribution in [-0.4, -0.2) is 42.0 Å². The molecular formula is C21H21ClF2N4O3. The summed E-state index contributed by atoms with van der Waals surface area (Å²) < 4.78 is 36.0. The van der Waals surface area contributed by atoms with Crippen LogP contribution in [0.3, 0.4) is 0 Å². The molecule has 0 aliphatic carbocycles. The quantitative estimate of drug-likeness (QED) is 0.597. The van der Waals surface area contributed by atoms with E-state index < -0.39 is 6.61 Å². The summed E-state index contributed by atoms with van der Waals surface area (Å²) >= 11 is 0. The Morgan fingerprint density at radius 3 is 2.58 bits per heavy atom. The third kappa shape index (κ3) is 5.78. The summed E-state index contributed by atoms with van der Waals surface area (Å²) in [6, 6.07) is 13.5. The van der Waals surface area contributed by atoms with Gasteiger partial charge in [0.25, 0.3) is 5.91 Å². The predicted octanol–water partition coefficient (Wildman–Crippen LogP) is 3.81. The van der Waals surface area contributed by atoms with E-state index in [4.69, 9.17) is 4.74 Å². The summed E-state index contributed by atoms with van der Waals surface area (Å²) in [5, 5.41) is 10.3. The van der Waals surface area contributed by atoms with E-state index in [1.165, 1.54) is 23.0 Å². The second-order valence-electron chi connectivity index (χ2n) is 6.69. The largest absolute Gasteiger partial charge is 0.435 e. The molecule has 3 aromatic rings. The molecule has 2 heterocycles. The Hall–Kier alpha value is -3.01. The second-order valence-corrected chi connectivity index (χ2v) is 6.69. The number of hydrogen-bond acceptors (Lipinski definition) is 5. The van der Waals surface area contributed by atoms with E-state index >= 15 is 0 Å². The third-order valence-electron chi connectivity index (χ3n) is 4.64. The Labute approximate surface area is 183 Å². The highest BCUT2D eigenvalue weighted by Crippen LogP contribution is 2.21. The number of nitrogens with one attached hydrogen (secondary N) is 2. The minimum atomic E-state index is -2.88. The lowest BCUT2D eigenvalue weighted by atomic mass is 10.1. The van der Waals surface area contributed by atoms with Gasteiger partial charge in [-0.25, -0.2) is 4.68 Å². The summed E-state index contributed by atoms with van der Waals surface area (Å²) in [4.78, 5) is 12.5. The van der Waals surface area contributed by atoms with Gasteiger partial charge in [-0.05, 0) is 42.0 Å². The number of nitrogens with zero attached hydrogens (tertiary/aromatic N) is 2. The summed E-state index contributed by atoms with van der Waals surface area (Å²) in [7, 11) is 0. The molecule has 1 atom stereocenters. The van der Waals surface area contributed by atoms with Crippen LogP contribution in [-0.2, 0) is 4.74 Å². The molecule has 1 saturated heterocycles. The van der Waals surface area contributed by atoms with Crippen molar-refractivity contribution in [2.45, 2.75) is 12.7 Å². The second kappa shape index (κ2) is 10.3. The van der Waals surface area contributed by atoms with Crippen LogP contribution < -0.4 is 15.4 Å². The number of hydrogen-bond donors (Lipinski definition) is 2. The smallest absolute Gasteiger partial charge is 0.387 e. The molecule has 1 aliphatic rings. The minimum absolute atomic E-state index is 0. The maximum atomic E-state index is 12.5. The van der Waals surface area contributed by atoms with Crippen molar-refractivity contribution in [3.05, 3.63) is 72.1 Å². The molecule has 1 aromatic heterocycles. The Bertz CT molecular complexity index is 991. The van der Waals surface area contributed by atoms with Crippen LogP contribution >= 0.6 is 12.4 Å². The van der Waals surface area contributed by atoms with Gasteiger partial charge in [0, 0.05) is 25.0 Å². The van der Waals surface area contributed by atoms with Crippen LogP contribution in [0.5, 0.6) is 5.75 Å². The number of carbonyl (C=O) groups is 1. The van der Waals surface area contributed by atoms with E-state index in [9.17, 15) is 13.6 Å². The molecule has 0 radical (unpaired) electrons. The molecule has 31 heavy (non-hydrogen) atoms. The highest BCUT2D eigenvalue weighted by atomic mass is 35.5. The minimum Gasteiger partial charge on any atom is -0.435 e. The van der Waals surface area contributed by atoms with Gasteiger partial charge in [0.1, 0.15) is 5.75 Å². The number of morpholine rings is 1. The standard InChI is InChI=1S/C21H20F2N4O3.ClH/c22-21(23)30-18-7-5-17(6-8-18)27-13-15(11-25-27)20(28)26-16-3-1-14(2-4-16)19-12-24-9-10-29-19;/h1-8,11,13,19,21,24H,9-10,12H2,(H,26,28);1H/t19-;/m0./s1. The molecule has 164 valence electrons. The summed E-state index contributed by atoms with van der Waals surface area (Å²) in [6.07, 6.45) is 3.02. The van der Waals surface area contributed by atoms with Crippen molar-refractivity contribution in [3.63, 3.8) is 0 Å². The first-order valence-electron chi connectivity index (χ1n) is 9.42. The topological polar surface area (TPSA) is 77.4 Å². The van der Waals surface area contributed by atoms with E-state index in [-0.39, 0.29) is 30.2 Å². The molecule has 7 nitrogen and oxygen atoms in total. The van der Waals surface area contributed by atoms with Crippen molar-refractivity contribution in [2.75, 3.05) is 25.0 Å². The molecule has 0 bridgehead atoms. The van der Waals surface area contributed by atoms with Crippen LogP contribution in [0.4, 0.5) is 14.5 Å². The van der Waals surface area contributed by atoms with Gasteiger partial charge >= 0.3 is 6.61 Å². The van der Waals surface area contributed by atoms with Crippen LogP contribution in [0.2, 0.25) is 0 Å². The summed E-state index contributed by atoms with van der Waals surface area (Å²) in [5.41, 5.74) is 2.69. The SMILES string of the molecule is Cl.O=C(Nc1ccc([C@@H]2CNCCO2)cc1)c1cnn(-c2ccc(OC(F)F)cc2)c1. The number of benzene rings is 2. The molecular weight excluding hydrogens is 430 g/mol. The first kappa shape index (κ1) is 22.7. The first-order valence-corrected chi connectivity index (χ1v) is 9.42. The van der Waals surface area contributed by atoms with E-state index in [1.54, 1.807) is 18.3 Å². The Balaban J connectivity index is 0.00000272. The van der Waals surface area contributed by atoms with Crippen LogP contribution in [0.15, 0.2) is 60.9 Å². The number of anilines is 1. The molecule has 0 saturated carbocycles. The molecule has 10 heteroatoms. The van der Waals surface area contributed by atoms with Crippen molar-refractivity contribution in [3.8, 4) is 11.4 Å². The molecule has 0 spiro atoms. The van der Waals surface area contributed by atoms with Crippen LogP contribution in [0.25, 0.3) is 5.69 Å². The number of aromatic nitrogens is 2. The van der Waals surface area contributed by atoms with Crippen molar-refractivity contribution in [1.29, 1.82) is 0 Å². The zero-order chi connectivity index (χ0) is 20.9. The van der Waals surface area contributed by atoms with Gasteiger partial charge in [-0.15, -0.1) is 12.4 Å². The number of halogens is 3. The monoisotopic (exact) mass is 450 g/mol. The van der Waals surface area contributed by atoms with Gasteiger partial charge in [0.05, 0.1) is 30.2 Å². The molecule has 0 unspecified atom stereocenters. The number of alkyl halides is 2. The lowest BCUT2D eigenvalue weighted by molar-refractivity contribution is -0.0498. The number of rotatable bonds is 6. The Morgan fingerprint density at radius 1 is 1.19 bits per heavy atom. The van der Waals surface area contributed by atoms with Gasteiger partial charge in [0.2, 0.25) is 0 Å². The number of amides is 1. The fourth-order valence-electron chi connectivity index (χ4n) is 3.13. The van der Waals surface area contributed by atoms with E-state index in [0.717, 1.165) is 18.7 Å². The number of ether oxygens (including phenoxy) is 2. The average Bonchev–Trinajstić information content (AvgIpc) is 3.25. The third-order valence-corrected chi connectivity index (χ3v) is 4.64. The van der Waals surface area contributed by atoms with Gasteiger partial charge in [0.15, 0.2) is 0 Å². The molecule has 1 amide bonds. The first-order chi connectivity index (χ1) is 14.6. The highest BCUT2D eigenvalue weighted by Gasteiger charge is 2.16. The number of carbonyl (C=O) groups excluding carboxylic acids is 1. The van der Waals surface area contributed by atoms with Crippen molar-refractivity contribution < 1.29 is 23.0 Å². The van der Waals surface area contributed by atoms with Gasteiger partial charge in [-0.1, -0.05) is 12.1 Å². The van der Waals surface area contributed by atoms with Gasteiger partial charge < -0.3 is 20.1 Å². The molecule has 1 aliphatic heterocycles. The summed E-state index contributed by atoms with van der Waals surface area (Å²) in [6.45, 7) is -0.585. The van der Waals surface area contributed by atoms with Crippen molar-refractivity contribution >= 4 is 24.0 Å². The zero-order valence-corrected chi connectivity index (χ0v) is 17.1. The van der Waals surface area contributed by atoms with Crippen LogP contribution in [0.1, 0.15) is 22.0 Å². The fourth-order valence-corrected chi connectivity index (χ4v) is 3.13. The van der Waals surface area contributed by atoms with Gasteiger partial charge in [-0.2, -0.15) is 13.9 Å². The van der Waals surface area contributed by atoms with Crippen molar-refractivity contribution in [1.82, 2.24) is 15.1 Å². The average molecular weight is 451 g/mol. The predicted molar refractivity (Wildman–Crippen MR) is 113 cm³/mol. The zero-order valence-electron chi connectivity index (χ0n) is 16.3. The summed E-state index contributed by atoms with van der Waals surface area (Å²) in [5.74, 6) is -0.251. The van der Waals surface area contributed by atoms with E-state index in [1.807, 2.05) is 24.3 Å². The lowest BCUT2D eigenvalue weighted by Crippen LogP contribution is -2.33. The molecule has 4 rings (SSSR count). The normalized spacial score (nSPS) is 15.9. The van der Waals surface area contributed by atoms with Crippen molar-refractivity contribution in [2.24, 2.45) is 0 Å². The van der Waals surface area contributed by atoms with Gasteiger partial charge in [-0.3, -0.25) is 4.79 Å². The molecule has 1 fully saturated rings. The Kier molecular flexibility index (Phi) is 7.56. The lowest BCUT2D eigenvalue weighted by Gasteiger charge is -2.24. The fraction of sp³-hybridized carbons (Fsp3) is 0.238. The van der Waals surface area contributed by atoms with E-state index in [0.29, 0.717) is 23.5 Å². The maximum absolute atomic E-state index is 12.5. The molecule has 2 aromatic carbocycles. The van der Waals surface area contributed by atoms with E-state index in [2.05, 4.69) is 20.5 Å². The maximum Gasteiger partial charge on any atom is 0.387 e. The highest BCUT2D eigenvalue weighted by molar-refractivity contribution is 6.04.